The van der Waals surface area contributed by atoms with Gasteiger partial charge in [0.25, 0.3) is 0 Å². The van der Waals surface area contributed by atoms with E-state index < -0.39 is 0 Å². The van der Waals surface area contributed by atoms with E-state index in [9.17, 15) is 4.79 Å². The van der Waals surface area contributed by atoms with Crippen molar-refractivity contribution in [3.8, 4) is 0 Å². The minimum absolute atomic E-state index is 0.204. The first-order valence-corrected chi connectivity index (χ1v) is 6.69. The zero-order valence-corrected chi connectivity index (χ0v) is 11.6. The Balaban J connectivity index is 2.50. The third kappa shape index (κ3) is 5.26. The Morgan fingerprint density at radius 3 is 2.79 bits per heavy atom. The Kier molecular flexibility index (Phi) is 6.89. The van der Waals surface area contributed by atoms with E-state index in [1.54, 1.807) is 19.1 Å². The lowest BCUT2D eigenvalue weighted by Crippen LogP contribution is -2.15. The lowest BCUT2D eigenvalue weighted by atomic mass is 10.0. The highest BCUT2D eigenvalue weighted by atomic mass is 16.5. The smallest absolute Gasteiger partial charge is 0.339 e. The number of anilines is 1. The molecule has 0 spiro atoms. The fourth-order valence-electron chi connectivity index (χ4n) is 1.72. The van der Waals surface area contributed by atoms with Crippen molar-refractivity contribution in [2.75, 3.05) is 25.1 Å². The summed E-state index contributed by atoms with van der Waals surface area (Å²) >= 11 is 0. The molecule has 5 nitrogen and oxygen atoms in total. The van der Waals surface area contributed by atoms with Crippen molar-refractivity contribution in [2.45, 2.75) is 26.7 Å². The number of carbonyl (C=O) groups is 1. The van der Waals surface area contributed by atoms with Gasteiger partial charge in [-0.1, -0.05) is 13.3 Å². The van der Waals surface area contributed by atoms with Crippen molar-refractivity contribution in [3.05, 3.63) is 23.9 Å². The lowest BCUT2D eigenvalue weighted by molar-refractivity contribution is 0.0526. The molecular formula is C14H22N2O3. The maximum Gasteiger partial charge on any atom is 0.339 e. The summed E-state index contributed by atoms with van der Waals surface area (Å²) in [4.78, 5) is 15.6. The number of aromatic nitrogens is 1. The van der Waals surface area contributed by atoms with Gasteiger partial charge < -0.3 is 15.2 Å². The molecule has 0 aliphatic carbocycles. The van der Waals surface area contributed by atoms with Crippen molar-refractivity contribution in [1.82, 2.24) is 4.98 Å². The Morgan fingerprint density at radius 1 is 1.47 bits per heavy atom. The third-order valence-corrected chi connectivity index (χ3v) is 2.96. The molecule has 1 unspecified atom stereocenters. The summed E-state index contributed by atoms with van der Waals surface area (Å²) in [5.41, 5.74) is 0.454. The van der Waals surface area contributed by atoms with Crippen LogP contribution >= 0.6 is 0 Å². The number of aliphatic hydroxyl groups excluding tert-OH is 1. The van der Waals surface area contributed by atoms with Crippen LogP contribution in [-0.2, 0) is 4.74 Å². The summed E-state index contributed by atoms with van der Waals surface area (Å²) in [7, 11) is 0. The molecule has 0 radical (unpaired) electrons. The number of carbonyl (C=O) groups excluding carboxylic acids is 1. The minimum atomic E-state index is -0.353. The van der Waals surface area contributed by atoms with Crippen molar-refractivity contribution in [3.63, 3.8) is 0 Å². The van der Waals surface area contributed by atoms with E-state index in [1.807, 2.05) is 0 Å². The SMILES string of the molecule is CCOC(=O)c1ccc(NCC(CC)CCO)nc1. The van der Waals surface area contributed by atoms with Crippen molar-refractivity contribution in [2.24, 2.45) is 5.92 Å². The largest absolute Gasteiger partial charge is 0.462 e. The second kappa shape index (κ2) is 8.48. The van der Waals surface area contributed by atoms with E-state index in [4.69, 9.17) is 9.84 Å². The van der Waals surface area contributed by atoms with Crippen molar-refractivity contribution in [1.29, 1.82) is 0 Å². The summed E-state index contributed by atoms with van der Waals surface area (Å²) < 4.78 is 4.89. The quantitative estimate of drug-likeness (QED) is 0.705. The summed E-state index contributed by atoms with van der Waals surface area (Å²) in [6, 6.07) is 3.46. The minimum Gasteiger partial charge on any atom is -0.462 e. The molecule has 0 aliphatic rings. The van der Waals surface area contributed by atoms with Gasteiger partial charge in [0.15, 0.2) is 0 Å². The van der Waals surface area contributed by atoms with Gasteiger partial charge in [-0.3, -0.25) is 0 Å². The molecule has 106 valence electrons. The van der Waals surface area contributed by atoms with Gasteiger partial charge in [-0.25, -0.2) is 9.78 Å². The maximum atomic E-state index is 11.4. The Bertz CT molecular complexity index is 379. The molecule has 19 heavy (non-hydrogen) atoms. The number of nitrogens with zero attached hydrogens (tertiary/aromatic N) is 1. The first-order valence-electron chi connectivity index (χ1n) is 6.69. The van der Waals surface area contributed by atoms with Crippen molar-refractivity contribution < 1.29 is 14.6 Å². The molecule has 0 saturated heterocycles. The van der Waals surface area contributed by atoms with E-state index in [0.29, 0.717) is 18.1 Å². The molecular weight excluding hydrogens is 244 g/mol. The van der Waals surface area contributed by atoms with Crippen LogP contribution in [-0.4, -0.2) is 35.8 Å². The average Bonchev–Trinajstić information content (AvgIpc) is 2.44. The normalized spacial score (nSPS) is 11.9. The van der Waals surface area contributed by atoms with Gasteiger partial charge in [0, 0.05) is 19.3 Å². The third-order valence-electron chi connectivity index (χ3n) is 2.96. The van der Waals surface area contributed by atoms with Crippen LogP contribution in [0.25, 0.3) is 0 Å². The van der Waals surface area contributed by atoms with Gasteiger partial charge in [-0.05, 0) is 31.4 Å². The van der Waals surface area contributed by atoms with Crippen LogP contribution in [0.1, 0.15) is 37.0 Å². The Hall–Kier alpha value is -1.62. The van der Waals surface area contributed by atoms with Gasteiger partial charge in [-0.15, -0.1) is 0 Å². The van der Waals surface area contributed by atoms with Gasteiger partial charge in [0.1, 0.15) is 5.82 Å². The monoisotopic (exact) mass is 266 g/mol. The van der Waals surface area contributed by atoms with Crippen LogP contribution in [0.3, 0.4) is 0 Å². The van der Waals surface area contributed by atoms with E-state index in [0.717, 1.165) is 25.2 Å². The first kappa shape index (κ1) is 15.4. The number of hydrogen-bond donors (Lipinski definition) is 2. The highest BCUT2D eigenvalue weighted by Crippen LogP contribution is 2.11. The number of ether oxygens (including phenoxy) is 1. The van der Waals surface area contributed by atoms with Gasteiger partial charge >= 0.3 is 5.97 Å². The van der Waals surface area contributed by atoms with Gasteiger partial charge in [-0.2, -0.15) is 0 Å². The average molecular weight is 266 g/mol. The predicted molar refractivity (Wildman–Crippen MR) is 74.2 cm³/mol. The van der Waals surface area contributed by atoms with Crippen LogP contribution in [0.15, 0.2) is 18.3 Å². The number of rotatable bonds is 8. The first-order chi connectivity index (χ1) is 9.21. The molecule has 1 aromatic rings. The molecule has 0 saturated carbocycles. The second-order valence-corrected chi connectivity index (χ2v) is 4.32. The molecule has 1 heterocycles. The molecule has 2 N–H and O–H groups in total. The summed E-state index contributed by atoms with van der Waals surface area (Å²) in [6.07, 6.45) is 3.30. The number of aliphatic hydroxyl groups is 1. The number of hydrogen-bond acceptors (Lipinski definition) is 5. The number of pyridine rings is 1. The van der Waals surface area contributed by atoms with E-state index in [-0.39, 0.29) is 12.6 Å². The van der Waals surface area contributed by atoms with Crippen LogP contribution in [0, 0.1) is 5.92 Å². The molecule has 1 rings (SSSR count). The van der Waals surface area contributed by atoms with Crippen LogP contribution < -0.4 is 5.32 Å². The second-order valence-electron chi connectivity index (χ2n) is 4.32. The fourth-order valence-corrected chi connectivity index (χ4v) is 1.72. The Morgan fingerprint density at radius 2 is 2.26 bits per heavy atom. The molecule has 0 bridgehead atoms. The molecule has 0 aliphatic heterocycles. The van der Waals surface area contributed by atoms with Gasteiger partial charge in [0.2, 0.25) is 0 Å². The van der Waals surface area contributed by atoms with Crippen LogP contribution in [0.5, 0.6) is 0 Å². The summed E-state index contributed by atoms with van der Waals surface area (Å²) in [6.45, 7) is 5.20. The topological polar surface area (TPSA) is 71.5 Å². The lowest BCUT2D eigenvalue weighted by Gasteiger charge is -2.14. The van der Waals surface area contributed by atoms with E-state index in [1.165, 1.54) is 6.20 Å². The van der Waals surface area contributed by atoms with Crippen LogP contribution in [0.2, 0.25) is 0 Å². The molecule has 0 amide bonds. The Labute approximate surface area is 114 Å². The zero-order valence-electron chi connectivity index (χ0n) is 11.6. The highest BCUT2D eigenvalue weighted by molar-refractivity contribution is 5.89. The van der Waals surface area contributed by atoms with Gasteiger partial charge in [0.05, 0.1) is 12.2 Å². The molecule has 0 aromatic carbocycles. The predicted octanol–water partition coefficient (Wildman–Crippen LogP) is 2.08. The number of esters is 1. The molecule has 1 atom stereocenters. The standard InChI is InChI=1S/C14H22N2O3/c1-3-11(7-8-17)9-15-13-6-5-12(10-16-13)14(18)19-4-2/h5-6,10-11,17H,3-4,7-9H2,1-2H3,(H,15,16). The fraction of sp³-hybridized carbons (Fsp3) is 0.571. The van der Waals surface area contributed by atoms with E-state index >= 15 is 0 Å². The van der Waals surface area contributed by atoms with Crippen molar-refractivity contribution >= 4 is 11.8 Å². The summed E-state index contributed by atoms with van der Waals surface area (Å²) in [5, 5.41) is 12.1. The van der Waals surface area contributed by atoms with E-state index in [2.05, 4.69) is 17.2 Å². The number of nitrogens with one attached hydrogen (secondary N) is 1. The maximum absolute atomic E-state index is 11.4. The zero-order chi connectivity index (χ0) is 14.1. The summed E-state index contributed by atoms with van der Waals surface area (Å²) in [5.74, 6) is 0.800. The molecule has 5 heteroatoms. The highest BCUT2D eigenvalue weighted by Gasteiger charge is 2.08. The molecule has 1 aromatic heterocycles. The molecule has 0 fully saturated rings. The van der Waals surface area contributed by atoms with Crippen LogP contribution in [0.4, 0.5) is 5.82 Å².